The lowest BCUT2D eigenvalue weighted by molar-refractivity contribution is 0.689. The summed E-state index contributed by atoms with van der Waals surface area (Å²) in [5.74, 6) is 1.86. The first-order valence-electron chi connectivity index (χ1n) is 5.01. The van der Waals surface area contributed by atoms with Gasteiger partial charge in [0.25, 0.3) is 0 Å². The van der Waals surface area contributed by atoms with Gasteiger partial charge in [0.2, 0.25) is 5.95 Å². The van der Waals surface area contributed by atoms with Gasteiger partial charge >= 0.3 is 0 Å². The van der Waals surface area contributed by atoms with Crippen LogP contribution in [0.25, 0.3) is 0 Å². The molecule has 1 aliphatic carbocycles. The highest BCUT2D eigenvalue weighted by atomic mass is 15.2. The second-order valence-corrected chi connectivity index (χ2v) is 3.92. The number of aryl methyl sites for hydroxylation is 1. The maximum Gasteiger partial charge on any atom is 0.203 e. The highest BCUT2D eigenvalue weighted by Crippen LogP contribution is 2.44. The first-order chi connectivity index (χ1) is 6.22. The topological polar surface area (TPSA) is 29.9 Å². The van der Waals surface area contributed by atoms with Crippen molar-refractivity contribution >= 4 is 5.95 Å². The summed E-state index contributed by atoms with van der Waals surface area (Å²) in [7, 11) is 0. The van der Waals surface area contributed by atoms with Gasteiger partial charge in [0, 0.05) is 18.8 Å². The maximum atomic E-state index is 4.45. The molecule has 1 N–H and O–H groups in total. The number of aromatic nitrogens is 2. The molecule has 1 saturated carbocycles. The van der Waals surface area contributed by atoms with Gasteiger partial charge < -0.3 is 9.88 Å². The Hall–Kier alpha value is -0.990. The van der Waals surface area contributed by atoms with Crippen LogP contribution in [0, 0.1) is 12.8 Å². The van der Waals surface area contributed by atoms with E-state index in [1.807, 2.05) is 6.92 Å². The van der Waals surface area contributed by atoms with Crippen LogP contribution in [0.1, 0.15) is 32.0 Å². The molecule has 2 rings (SSSR count). The highest BCUT2D eigenvalue weighted by Gasteiger charge is 2.35. The molecule has 0 aromatic carbocycles. The third kappa shape index (κ3) is 1.55. The van der Waals surface area contributed by atoms with Crippen molar-refractivity contribution in [2.24, 2.45) is 5.92 Å². The fraction of sp³-hybridized carbons (Fsp3) is 0.700. The zero-order valence-electron chi connectivity index (χ0n) is 8.54. The van der Waals surface area contributed by atoms with Gasteiger partial charge in [0.1, 0.15) is 0 Å². The number of nitrogens with zero attached hydrogens (tertiary/aromatic N) is 2. The number of hydrogen-bond donors (Lipinski definition) is 1. The Morgan fingerprint density at radius 1 is 1.69 bits per heavy atom. The van der Waals surface area contributed by atoms with Crippen LogP contribution in [0.2, 0.25) is 0 Å². The molecule has 2 unspecified atom stereocenters. The molecule has 13 heavy (non-hydrogen) atoms. The quantitative estimate of drug-likeness (QED) is 0.771. The van der Waals surface area contributed by atoms with Crippen LogP contribution in [0.4, 0.5) is 5.95 Å². The molecule has 0 radical (unpaired) electrons. The minimum absolute atomic E-state index is 0.690. The van der Waals surface area contributed by atoms with Crippen LogP contribution < -0.4 is 5.32 Å². The zero-order chi connectivity index (χ0) is 9.42. The molecule has 2 atom stereocenters. The fourth-order valence-corrected chi connectivity index (χ4v) is 1.75. The Kier molecular flexibility index (Phi) is 2.02. The summed E-state index contributed by atoms with van der Waals surface area (Å²) in [6.07, 6.45) is 3.44. The molecule has 1 aromatic rings. The summed E-state index contributed by atoms with van der Waals surface area (Å²) in [5.41, 5.74) is 1.11. The van der Waals surface area contributed by atoms with E-state index in [2.05, 4.69) is 34.9 Å². The molecule has 0 spiro atoms. The average molecular weight is 179 g/mol. The molecule has 1 aliphatic rings. The number of rotatable bonds is 3. The molecule has 1 fully saturated rings. The summed E-state index contributed by atoms with van der Waals surface area (Å²) in [5, 5.41) is 3.29. The molecule has 1 aromatic heterocycles. The van der Waals surface area contributed by atoms with Crippen LogP contribution in [-0.4, -0.2) is 16.1 Å². The predicted molar refractivity (Wildman–Crippen MR) is 53.9 cm³/mol. The van der Waals surface area contributed by atoms with Crippen LogP contribution in [0.5, 0.6) is 0 Å². The summed E-state index contributed by atoms with van der Waals surface area (Å²) >= 11 is 0. The van der Waals surface area contributed by atoms with Gasteiger partial charge in [-0.3, -0.25) is 0 Å². The molecule has 3 heteroatoms. The van der Waals surface area contributed by atoms with Crippen LogP contribution >= 0.6 is 0 Å². The van der Waals surface area contributed by atoms with E-state index in [-0.39, 0.29) is 0 Å². The van der Waals surface area contributed by atoms with Gasteiger partial charge in [0.15, 0.2) is 0 Å². The van der Waals surface area contributed by atoms with Crippen molar-refractivity contribution in [2.75, 3.05) is 11.9 Å². The Balaban J connectivity index is 2.22. The largest absolute Gasteiger partial charge is 0.356 e. The second-order valence-electron chi connectivity index (χ2n) is 3.92. The smallest absolute Gasteiger partial charge is 0.203 e. The van der Waals surface area contributed by atoms with Crippen LogP contribution in [0.3, 0.4) is 0 Å². The van der Waals surface area contributed by atoms with Gasteiger partial charge in [-0.2, -0.15) is 0 Å². The highest BCUT2D eigenvalue weighted by molar-refractivity contribution is 5.30. The van der Waals surface area contributed by atoms with E-state index in [1.165, 1.54) is 6.42 Å². The Morgan fingerprint density at radius 2 is 2.38 bits per heavy atom. The summed E-state index contributed by atoms with van der Waals surface area (Å²) in [6, 6.07) is 0.690. The Bertz CT molecular complexity index is 303. The minimum atomic E-state index is 0.690. The SMILES string of the molecule is CCNc1nc(C)cn1C1CC1C. The minimum Gasteiger partial charge on any atom is -0.356 e. The molecule has 0 amide bonds. The van der Waals surface area contributed by atoms with Gasteiger partial charge in [-0.05, 0) is 26.2 Å². The normalized spacial score (nSPS) is 26.1. The number of hydrogen-bond acceptors (Lipinski definition) is 2. The van der Waals surface area contributed by atoms with E-state index in [9.17, 15) is 0 Å². The van der Waals surface area contributed by atoms with E-state index in [1.54, 1.807) is 0 Å². The number of anilines is 1. The molecule has 0 bridgehead atoms. The summed E-state index contributed by atoms with van der Waals surface area (Å²) in [4.78, 5) is 4.45. The molecule has 3 nitrogen and oxygen atoms in total. The Morgan fingerprint density at radius 3 is 2.92 bits per heavy atom. The number of imidazole rings is 1. The van der Waals surface area contributed by atoms with Crippen LogP contribution in [-0.2, 0) is 0 Å². The predicted octanol–water partition coefficient (Wildman–Crippen LogP) is 2.20. The monoisotopic (exact) mass is 179 g/mol. The van der Waals surface area contributed by atoms with E-state index in [0.717, 1.165) is 24.1 Å². The van der Waals surface area contributed by atoms with Crippen molar-refractivity contribution in [1.29, 1.82) is 0 Å². The third-order valence-corrected chi connectivity index (χ3v) is 2.61. The zero-order valence-corrected chi connectivity index (χ0v) is 8.54. The summed E-state index contributed by atoms with van der Waals surface area (Å²) in [6.45, 7) is 7.38. The van der Waals surface area contributed by atoms with E-state index < -0.39 is 0 Å². The standard InChI is InChI=1S/C10H17N3/c1-4-11-10-12-8(3)6-13(10)9-5-7(9)2/h6-7,9H,4-5H2,1-3H3,(H,11,12). The molecule has 0 saturated heterocycles. The van der Waals surface area contributed by atoms with Gasteiger partial charge in [-0.15, -0.1) is 0 Å². The lowest BCUT2D eigenvalue weighted by Gasteiger charge is -2.06. The average Bonchev–Trinajstić information content (AvgIpc) is 2.67. The Labute approximate surface area is 79.2 Å². The van der Waals surface area contributed by atoms with Crippen molar-refractivity contribution in [3.05, 3.63) is 11.9 Å². The molecular formula is C10H17N3. The van der Waals surface area contributed by atoms with Crippen LogP contribution in [0.15, 0.2) is 6.20 Å². The van der Waals surface area contributed by atoms with Crippen molar-refractivity contribution in [2.45, 2.75) is 33.2 Å². The van der Waals surface area contributed by atoms with Crippen molar-refractivity contribution < 1.29 is 0 Å². The van der Waals surface area contributed by atoms with Crippen molar-refractivity contribution in [1.82, 2.24) is 9.55 Å². The van der Waals surface area contributed by atoms with Gasteiger partial charge in [-0.25, -0.2) is 4.98 Å². The lowest BCUT2D eigenvalue weighted by Crippen LogP contribution is -2.05. The maximum absolute atomic E-state index is 4.45. The van der Waals surface area contributed by atoms with Gasteiger partial charge in [-0.1, -0.05) is 6.92 Å². The number of nitrogens with one attached hydrogen (secondary N) is 1. The van der Waals surface area contributed by atoms with Crippen molar-refractivity contribution in [3.8, 4) is 0 Å². The lowest BCUT2D eigenvalue weighted by atomic mass is 10.5. The first-order valence-corrected chi connectivity index (χ1v) is 5.01. The van der Waals surface area contributed by atoms with E-state index >= 15 is 0 Å². The van der Waals surface area contributed by atoms with Crippen molar-refractivity contribution in [3.63, 3.8) is 0 Å². The summed E-state index contributed by atoms with van der Waals surface area (Å²) < 4.78 is 2.28. The molecular weight excluding hydrogens is 162 g/mol. The van der Waals surface area contributed by atoms with E-state index in [4.69, 9.17) is 0 Å². The van der Waals surface area contributed by atoms with Gasteiger partial charge in [0.05, 0.1) is 5.69 Å². The van der Waals surface area contributed by atoms with E-state index in [0.29, 0.717) is 6.04 Å². The fourth-order valence-electron chi connectivity index (χ4n) is 1.75. The molecule has 1 heterocycles. The third-order valence-electron chi connectivity index (χ3n) is 2.61. The second kappa shape index (κ2) is 3.05. The molecule has 0 aliphatic heterocycles. The molecule has 72 valence electrons. The first kappa shape index (κ1) is 8.60.